The van der Waals surface area contributed by atoms with E-state index in [1.165, 1.54) is 218 Å². The number of unbranched alkanes of at least 4 members (excludes halogenated alkanes) is 36. The van der Waals surface area contributed by atoms with E-state index in [9.17, 15) is 19.4 Å². The van der Waals surface area contributed by atoms with E-state index < -0.39 is 26.6 Å². The Morgan fingerprint density at radius 1 is 0.461 bits per heavy atom. The van der Waals surface area contributed by atoms with E-state index in [2.05, 4.69) is 79.9 Å². The quantitative estimate of drug-likeness (QED) is 0.0272. The second kappa shape index (κ2) is 57.6. The maximum absolute atomic E-state index is 13.0. The lowest BCUT2D eigenvalue weighted by Gasteiger charge is -2.29. The Labute approximate surface area is 472 Å². The summed E-state index contributed by atoms with van der Waals surface area (Å²) < 4.78 is 23.4. The number of phosphoric acid groups is 1. The molecule has 444 valence electrons. The summed E-state index contributed by atoms with van der Waals surface area (Å²) in [6.45, 7) is 4.64. The van der Waals surface area contributed by atoms with Gasteiger partial charge in [0.05, 0.1) is 39.9 Å². The maximum Gasteiger partial charge on any atom is 0.268 e. The molecule has 3 atom stereocenters. The second-order valence-corrected chi connectivity index (χ2v) is 24.5. The lowest BCUT2D eigenvalue weighted by Crippen LogP contribution is -2.45. The van der Waals surface area contributed by atoms with Crippen LogP contribution in [0.25, 0.3) is 0 Å². The third-order valence-electron chi connectivity index (χ3n) is 14.4. The predicted octanol–water partition coefficient (Wildman–Crippen LogP) is 19.6. The molecule has 0 aliphatic carbocycles. The van der Waals surface area contributed by atoms with Crippen molar-refractivity contribution in [3.05, 3.63) is 72.9 Å². The molecule has 76 heavy (non-hydrogen) atoms. The van der Waals surface area contributed by atoms with Gasteiger partial charge >= 0.3 is 0 Å². The van der Waals surface area contributed by atoms with Gasteiger partial charge in [-0.05, 0) is 83.5 Å². The Morgan fingerprint density at radius 3 is 1.16 bits per heavy atom. The summed E-state index contributed by atoms with van der Waals surface area (Å²) >= 11 is 0. The van der Waals surface area contributed by atoms with Crippen molar-refractivity contribution in [3.8, 4) is 0 Å². The van der Waals surface area contributed by atoms with Crippen molar-refractivity contribution in [2.24, 2.45) is 0 Å². The van der Waals surface area contributed by atoms with Crippen molar-refractivity contribution in [2.75, 3.05) is 40.9 Å². The van der Waals surface area contributed by atoms with Crippen LogP contribution in [-0.2, 0) is 18.4 Å². The molecule has 0 bridgehead atoms. The van der Waals surface area contributed by atoms with E-state index in [4.69, 9.17) is 9.05 Å². The molecule has 0 saturated carbocycles. The van der Waals surface area contributed by atoms with Crippen LogP contribution in [0.3, 0.4) is 0 Å². The molecule has 0 aromatic rings. The summed E-state index contributed by atoms with van der Waals surface area (Å²) in [5, 5.41) is 13.9. The molecule has 9 heteroatoms. The Balaban J connectivity index is 4.20. The SMILES string of the molecule is CCCCCCC/C=C\C/C=C\C/C=C\CCCCCCCCCCCCCCCCC(=O)NC(COP(=O)([O-])OCC[N+](C)(C)C)C(O)/C=C/CC/C=C/CC/C=C/CCCCCCCCCCCCCCCCC. The Hall–Kier alpha value is -2.06. The lowest BCUT2D eigenvalue weighted by atomic mass is 10.0. The van der Waals surface area contributed by atoms with Gasteiger partial charge in [-0.3, -0.25) is 9.36 Å². The minimum Gasteiger partial charge on any atom is -0.756 e. The van der Waals surface area contributed by atoms with Gasteiger partial charge in [0.15, 0.2) is 0 Å². The number of hydrogen-bond donors (Lipinski definition) is 2. The van der Waals surface area contributed by atoms with E-state index in [1.807, 2.05) is 27.2 Å². The van der Waals surface area contributed by atoms with Gasteiger partial charge in [0.25, 0.3) is 7.82 Å². The van der Waals surface area contributed by atoms with Crippen molar-refractivity contribution < 1.29 is 32.9 Å². The molecule has 0 spiro atoms. The van der Waals surface area contributed by atoms with E-state index in [1.54, 1.807) is 6.08 Å². The smallest absolute Gasteiger partial charge is 0.268 e. The number of allylic oxidation sites excluding steroid dienone is 11. The minimum atomic E-state index is -4.62. The van der Waals surface area contributed by atoms with Crippen LogP contribution >= 0.6 is 7.82 Å². The maximum atomic E-state index is 13.0. The Bertz CT molecular complexity index is 1470. The van der Waals surface area contributed by atoms with Gasteiger partial charge < -0.3 is 28.8 Å². The number of carbonyl (C=O) groups is 1. The molecule has 0 aromatic heterocycles. The van der Waals surface area contributed by atoms with Crippen LogP contribution in [0.2, 0.25) is 0 Å². The molecule has 0 radical (unpaired) electrons. The van der Waals surface area contributed by atoms with Crippen LogP contribution in [0.1, 0.15) is 296 Å². The fourth-order valence-corrected chi connectivity index (χ4v) is 10.0. The summed E-state index contributed by atoms with van der Waals surface area (Å²) in [6, 6.07) is -0.915. The number of nitrogens with one attached hydrogen (secondary N) is 1. The van der Waals surface area contributed by atoms with Gasteiger partial charge in [-0.25, -0.2) is 0 Å². The van der Waals surface area contributed by atoms with Crippen LogP contribution < -0.4 is 10.2 Å². The fourth-order valence-electron chi connectivity index (χ4n) is 9.31. The van der Waals surface area contributed by atoms with Gasteiger partial charge in [0.1, 0.15) is 13.2 Å². The van der Waals surface area contributed by atoms with Crippen molar-refractivity contribution in [2.45, 2.75) is 309 Å². The molecule has 2 N–H and O–H groups in total. The molecular weight excluding hydrogens is 960 g/mol. The first-order valence-electron chi connectivity index (χ1n) is 32.3. The summed E-state index contributed by atoms with van der Waals surface area (Å²) in [6.07, 6.45) is 80.0. The van der Waals surface area contributed by atoms with Crippen LogP contribution in [-0.4, -0.2) is 68.5 Å². The van der Waals surface area contributed by atoms with E-state index in [0.29, 0.717) is 17.4 Å². The monoisotopic (exact) mass is 1080 g/mol. The average Bonchev–Trinajstić information content (AvgIpc) is 3.38. The molecular formula is C67H125N2O6P. The highest BCUT2D eigenvalue weighted by molar-refractivity contribution is 7.45. The largest absolute Gasteiger partial charge is 0.756 e. The van der Waals surface area contributed by atoms with Crippen molar-refractivity contribution in [1.82, 2.24) is 5.32 Å². The Kier molecular flexibility index (Phi) is 56.1. The fraction of sp³-hybridized carbons (Fsp3) is 0.806. The van der Waals surface area contributed by atoms with Crippen molar-refractivity contribution in [3.63, 3.8) is 0 Å². The summed E-state index contributed by atoms with van der Waals surface area (Å²) in [5.74, 6) is -0.211. The minimum absolute atomic E-state index is 0.0109. The van der Waals surface area contributed by atoms with Crippen LogP contribution in [0, 0.1) is 0 Å². The third kappa shape index (κ3) is 59.6. The first-order valence-corrected chi connectivity index (χ1v) is 33.8. The molecule has 1 amide bonds. The highest BCUT2D eigenvalue weighted by Gasteiger charge is 2.23. The third-order valence-corrected chi connectivity index (χ3v) is 15.3. The number of aliphatic hydroxyl groups excluding tert-OH is 1. The number of quaternary nitrogens is 1. The number of amides is 1. The zero-order valence-corrected chi connectivity index (χ0v) is 51.6. The van der Waals surface area contributed by atoms with Crippen LogP contribution in [0.15, 0.2) is 72.9 Å². The van der Waals surface area contributed by atoms with Gasteiger partial charge in [0.2, 0.25) is 5.91 Å². The normalized spacial score (nSPS) is 14.2. The molecule has 0 rings (SSSR count). The van der Waals surface area contributed by atoms with Gasteiger partial charge in [-0.15, -0.1) is 0 Å². The number of phosphoric ester groups is 1. The highest BCUT2D eigenvalue weighted by atomic mass is 31.2. The lowest BCUT2D eigenvalue weighted by molar-refractivity contribution is -0.870. The molecule has 0 fully saturated rings. The predicted molar refractivity (Wildman–Crippen MR) is 330 cm³/mol. The first kappa shape index (κ1) is 73.9. The van der Waals surface area contributed by atoms with E-state index >= 15 is 0 Å². The molecule has 0 saturated heterocycles. The standard InChI is InChI=1S/C67H125N2O6P/c1-6-8-10-12-14-16-18-20-22-24-26-28-30-32-33-34-35-37-39-41-43-45-47-49-51-53-55-57-59-61-67(71)68-65(64-75-76(72,73)74-63-62-69(3,4)5)66(70)60-58-56-54-52-50-48-46-44-42-40-38-36-31-29-27-25-23-21-19-17-15-13-11-9-7-2/h18,20,24,26,30,32,42,44,50,52,58,60,65-66,70H,6-17,19,21-23,25,27-29,31,33-41,43,45-49,51,53-57,59,61-64H2,1-5H3,(H-,68,71,72,73)/b20-18-,26-24-,32-30-,44-42+,52-50+,60-58+. The second-order valence-electron chi connectivity index (χ2n) is 23.1. The zero-order valence-electron chi connectivity index (χ0n) is 50.7. The van der Waals surface area contributed by atoms with Crippen molar-refractivity contribution >= 4 is 13.7 Å². The summed E-state index contributed by atoms with van der Waals surface area (Å²) in [4.78, 5) is 25.6. The molecule has 3 unspecified atom stereocenters. The number of carbonyl (C=O) groups excluding carboxylic acids is 1. The highest BCUT2D eigenvalue weighted by Crippen LogP contribution is 2.38. The molecule has 0 aliphatic heterocycles. The van der Waals surface area contributed by atoms with Crippen LogP contribution in [0.5, 0.6) is 0 Å². The average molecular weight is 1090 g/mol. The Morgan fingerprint density at radius 2 is 0.776 bits per heavy atom. The number of nitrogens with zero attached hydrogens (tertiary/aromatic N) is 1. The number of rotatable bonds is 59. The van der Waals surface area contributed by atoms with E-state index in [0.717, 1.165) is 57.8 Å². The molecule has 0 aromatic carbocycles. The summed E-state index contributed by atoms with van der Waals surface area (Å²) in [7, 11) is 1.24. The van der Waals surface area contributed by atoms with Gasteiger partial charge in [-0.1, -0.05) is 279 Å². The van der Waals surface area contributed by atoms with Crippen LogP contribution in [0.4, 0.5) is 0 Å². The van der Waals surface area contributed by atoms with Gasteiger partial charge in [0, 0.05) is 6.42 Å². The topological polar surface area (TPSA) is 108 Å². The van der Waals surface area contributed by atoms with Crippen molar-refractivity contribution in [1.29, 1.82) is 0 Å². The van der Waals surface area contributed by atoms with E-state index in [-0.39, 0.29) is 12.5 Å². The molecule has 8 nitrogen and oxygen atoms in total. The first-order chi connectivity index (χ1) is 37.0. The molecule has 0 heterocycles. The zero-order chi connectivity index (χ0) is 55.6. The number of likely N-dealkylation sites (N-methyl/N-ethyl adjacent to an activating group) is 1. The summed E-state index contributed by atoms with van der Waals surface area (Å²) in [5.41, 5.74) is 0. The molecule has 0 aliphatic rings. The van der Waals surface area contributed by atoms with Gasteiger partial charge in [-0.2, -0.15) is 0 Å². The number of aliphatic hydroxyl groups is 1. The number of hydrogen-bond acceptors (Lipinski definition) is 6.